The first-order valence-corrected chi connectivity index (χ1v) is 9.84. The lowest BCUT2D eigenvalue weighted by atomic mass is 9.63. The quantitative estimate of drug-likeness (QED) is 0.594. The van der Waals surface area contributed by atoms with Crippen molar-refractivity contribution in [1.82, 2.24) is 4.90 Å². The second-order valence-corrected chi connectivity index (χ2v) is 8.64. The smallest absolute Gasteiger partial charge is 0.235 e. The summed E-state index contributed by atoms with van der Waals surface area (Å²) in [5, 5.41) is 0.550. The van der Waals surface area contributed by atoms with Crippen LogP contribution in [0.4, 0.5) is 5.69 Å². The van der Waals surface area contributed by atoms with Crippen molar-refractivity contribution in [3.8, 4) is 0 Å². The average Bonchev–Trinajstić information content (AvgIpc) is 3.42. The van der Waals surface area contributed by atoms with Crippen LogP contribution in [0.2, 0.25) is 5.02 Å². The predicted molar refractivity (Wildman–Crippen MR) is 101 cm³/mol. The molecule has 140 valence electrons. The Morgan fingerprint density at radius 1 is 1.15 bits per heavy atom. The number of hydrogen-bond donors (Lipinski definition) is 0. The Hall–Kier alpha value is -2.14. The molecule has 1 aromatic carbocycles. The molecule has 3 fully saturated rings. The van der Waals surface area contributed by atoms with E-state index in [-0.39, 0.29) is 48.1 Å². The maximum absolute atomic E-state index is 13.2. The van der Waals surface area contributed by atoms with E-state index in [4.69, 9.17) is 11.6 Å². The number of likely N-dealkylation sites (tertiary alicyclic amines) is 1. The second kappa shape index (κ2) is 5.68. The fourth-order valence-corrected chi connectivity index (χ4v) is 5.70. The highest BCUT2D eigenvalue weighted by atomic mass is 35.5. The number of carbonyl (C=O) groups excluding carboxylic acids is 3. The Morgan fingerprint density at radius 2 is 1.74 bits per heavy atom. The molecule has 6 rings (SSSR count). The van der Waals surface area contributed by atoms with E-state index in [2.05, 4.69) is 12.2 Å². The lowest BCUT2D eigenvalue weighted by Gasteiger charge is -2.37. The number of nitrogens with zero attached hydrogens (tertiary/aromatic N) is 2. The summed E-state index contributed by atoms with van der Waals surface area (Å²) in [6, 6.07) is 5.32. The van der Waals surface area contributed by atoms with Gasteiger partial charge >= 0.3 is 0 Å². The van der Waals surface area contributed by atoms with Crippen LogP contribution in [0.1, 0.15) is 18.9 Å². The molecule has 0 aromatic heterocycles. The van der Waals surface area contributed by atoms with Gasteiger partial charge in [-0.3, -0.25) is 24.2 Å². The largest absolute Gasteiger partial charge is 0.294 e. The minimum Gasteiger partial charge on any atom is -0.294 e. The molecule has 0 spiro atoms. The Bertz CT molecular complexity index is 875. The van der Waals surface area contributed by atoms with E-state index in [1.807, 2.05) is 6.92 Å². The van der Waals surface area contributed by atoms with Gasteiger partial charge in [0.1, 0.15) is 6.67 Å². The topological polar surface area (TPSA) is 57.7 Å². The molecule has 0 unspecified atom stereocenters. The summed E-state index contributed by atoms with van der Waals surface area (Å²) >= 11 is 6.21. The summed E-state index contributed by atoms with van der Waals surface area (Å²) in [4.78, 5) is 41.4. The standard InChI is InChI=1S/C21H21ClN2O3/c1-10-16(22)4-3-5-17(10)23(11(2)25)9-24-20(26)18-12-6-7-13(15-8-14(12)15)19(18)21(24)27/h3-7,12-15,18-19H,8-9H2,1-2H3/t12-,13-,14-,15-,18+,19+/m0/s1. The molecule has 1 heterocycles. The summed E-state index contributed by atoms with van der Waals surface area (Å²) in [6.07, 6.45) is 5.44. The Balaban J connectivity index is 1.47. The van der Waals surface area contributed by atoms with E-state index in [1.54, 1.807) is 18.2 Å². The van der Waals surface area contributed by atoms with Gasteiger partial charge in [0.15, 0.2) is 0 Å². The molecular formula is C21H21ClN2O3. The van der Waals surface area contributed by atoms with E-state index in [1.165, 1.54) is 16.7 Å². The summed E-state index contributed by atoms with van der Waals surface area (Å²) in [5.41, 5.74) is 1.39. The number of imide groups is 1. The number of anilines is 1. The molecular weight excluding hydrogens is 364 g/mol. The van der Waals surface area contributed by atoms with Crippen molar-refractivity contribution in [2.75, 3.05) is 11.6 Å². The van der Waals surface area contributed by atoms with Crippen LogP contribution < -0.4 is 4.90 Å². The van der Waals surface area contributed by atoms with Gasteiger partial charge in [-0.25, -0.2) is 0 Å². The van der Waals surface area contributed by atoms with Crippen molar-refractivity contribution in [3.63, 3.8) is 0 Å². The lowest BCUT2D eigenvalue weighted by Crippen LogP contribution is -2.44. The molecule has 1 saturated heterocycles. The molecule has 5 aliphatic rings. The number of carbonyl (C=O) groups is 3. The van der Waals surface area contributed by atoms with E-state index < -0.39 is 0 Å². The van der Waals surface area contributed by atoms with Crippen LogP contribution >= 0.6 is 11.6 Å². The molecule has 2 bridgehead atoms. The molecule has 4 aliphatic carbocycles. The summed E-state index contributed by atoms with van der Waals surface area (Å²) in [6.45, 7) is 3.23. The van der Waals surface area contributed by atoms with Crippen LogP contribution in [0.5, 0.6) is 0 Å². The molecule has 5 nitrogen and oxygen atoms in total. The highest BCUT2D eigenvalue weighted by molar-refractivity contribution is 6.31. The molecule has 0 radical (unpaired) electrons. The third-order valence-corrected chi connectivity index (χ3v) is 7.36. The maximum Gasteiger partial charge on any atom is 0.235 e. The molecule has 6 heteroatoms. The van der Waals surface area contributed by atoms with Gasteiger partial charge < -0.3 is 0 Å². The highest BCUT2D eigenvalue weighted by Gasteiger charge is 2.67. The number of rotatable bonds is 3. The monoisotopic (exact) mass is 384 g/mol. The van der Waals surface area contributed by atoms with Crippen molar-refractivity contribution in [1.29, 1.82) is 0 Å². The average molecular weight is 385 g/mol. The normalized spacial score (nSPS) is 35.3. The van der Waals surface area contributed by atoms with Crippen molar-refractivity contribution in [2.45, 2.75) is 20.3 Å². The number of allylic oxidation sites excluding steroid dienone is 2. The first-order valence-electron chi connectivity index (χ1n) is 9.47. The summed E-state index contributed by atoms with van der Waals surface area (Å²) in [5.74, 6) is 0.543. The lowest BCUT2D eigenvalue weighted by molar-refractivity contribution is -0.140. The Kier molecular flexibility index (Phi) is 3.57. The van der Waals surface area contributed by atoms with Crippen LogP contribution in [0, 0.1) is 42.4 Å². The van der Waals surface area contributed by atoms with Crippen molar-refractivity contribution in [3.05, 3.63) is 40.9 Å². The first-order chi connectivity index (χ1) is 12.9. The zero-order valence-electron chi connectivity index (χ0n) is 15.3. The van der Waals surface area contributed by atoms with Crippen LogP contribution in [0.25, 0.3) is 0 Å². The molecule has 2 saturated carbocycles. The predicted octanol–water partition coefficient (Wildman–Crippen LogP) is 3.01. The van der Waals surface area contributed by atoms with Crippen LogP contribution in [0.3, 0.4) is 0 Å². The summed E-state index contributed by atoms with van der Waals surface area (Å²) < 4.78 is 0. The van der Waals surface area contributed by atoms with Crippen LogP contribution in [0.15, 0.2) is 30.4 Å². The van der Waals surface area contributed by atoms with E-state index in [0.29, 0.717) is 22.5 Å². The molecule has 0 N–H and O–H groups in total. The number of amides is 3. The van der Waals surface area contributed by atoms with Crippen molar-refractivity contribution >= 4 is 35.0 Å². The zero-order chi connectivity index (χ0) is 19.0. The summed E-state index contributed by atoms with van der Waals surface area (Å²) in [7, 11) is 0. The molecule has 1 aromatic rings. The first kappa shape index (κ1) is 17.0. The van der Waals surface area contributed by atoms with Crippen LogP contribution in [-0.4, -0.2) is 29.3 Å². The van der Waals surface area contributed by atoms with Gasteiger partial charge in [-0.05, 0) is 54.7 Å². The second-order valence-electron chi connectivity index (χ2n) is 8.23. The maximum atomic E-state index is 13.2. The minimum absolute atomic E-state index is 0.0457. The number of benzene rings is 1. The van der Waals surface area contributed by atoms with E-state index in [0.717, 1.165) is 12.0 Å². The van der Waals surface area contributed by atoms with Gasteiger partial charge in [-0.15, -0.1) is 0 Å². The van der Waals surface area contributed by atoms with Crippen molar-refractivity contribution in [2.24, 2.45) is 35.5 Å². The van der Waals surface area contributed by atoms with Crippen molar-refractivity contribution < 1.29 is 14.4 Å². The van der Waals surface area contributed by atoms with Gasteiger partial charge in [0.2, 0.25) is 17.7 Å². The van der Waals surface area contributed by atoms with E-state index >= 15 is 0 Å². The van der Waals surface area contributed by atoms with Gasteiger partial charge in [-0.2, -0.15) is 0 Å². The molecule has 6 atom stereocenters. The zero-order valence-corrected chi connectivity index (χ0v) is 16.0. The van der Waals surface area contributed by atoms with Gasteiger partial charge in [0.25, 0.3) is 0 Å². The fraction of sp³-hybridized carbons (Fsp3) is 0.476. The molecule has 27 heavy (non-hydrogen) atoms. The number of hydrogen-bond acceptors (Lipinski definition) is 3. The SMILES string of the molecule is CC(=O)N(CN1C(=O)[C@@H]2[C@H]3C=C[C@@H]([C@@H]4C[C@@H]34)[C@H]2C1=O)c1cccc(Cl)c1C. The Labute approximate surface area is 163 Å². The number of halogens is 1. The Morgan fingerprint density at radius 3 is 2.30 bits per heavy atom. The van der Waals surface area contributed by atoms with Gasteiger partial charge in [-0.1, -0.05) is 29.8 Å². The minimum atomic E-state index is -0.245. The fourth-order valence-electron chi connectivity index (χ4n) is 5.53. The van der Waals surface area contributed by atoms with Gasteiger partial charge in [0.05, 0.1) is 11.8 Å². The van der Waals surface area contributed by atoms with Gasteiger partial charge in [0, 0.05) is 17.6 Å². The van der Waals surface area contributed by atoms with Crippen LogP contribution in [-0.2, 0) is 14.4 Å². The third kappa shape index (κ3) is 2.27. The molecule has 1 aliphatic heterocycles. The highest BCUT2D eigenvalue weighted by Crippen LogP contribution is 2.65. The third-order valence-electron chi connectivity index (χ3n) is 6.95. The molecule has 3 amide bonds. The van der Waals surface area contributed by atoms with E-state index in [9.17, 15) is 14.4 Å².